The van der Waals surface area contributed by atoms with Gasteiger partial charge in [0.2, 0.25) is 0 Å². The van der Waals surface area contributed by atoms with Crippen molar-refractivity contribution in [3.8, 4) is 5.75 Å². The first kappa shape index (κ1) is 12.9. The fourth-order valence-electron chi connectivity index (χ4n) is 2.14. The average Bonchev–Trinajstić information content (AvgIpc) is 2.27. The molecule has 1 amide bonds. The quantitative estimate of drug-likeness (QED) is 0.833. The molecule has 0 saturated carbocycles. The Morgan fingerprint density at radius 3 is 2.56 bits per heavy atom. The van der Waals surface area contributed by atoms with E-state index in [1.165, 1.54) is 0 Å². The molecule has 98 valence electrons. The van der Waals surface area contributed by atoms with Gasteiger partial charge in [0.05, 0.1) is 5.54 Å². The number of benzene rings is 1. The van der Waals surface area contributed by atoms with E-state index in [0.29, 0.717) is 30.1 Å². The van der Waals surface area contributed by atoms with Crippen LogP contribution in [0.2, 0.25) is 0 Å². The van der Waals surface area contributed by atoms with Crippen molar-refractivity contribution < 1.29 is 9.90 Å². The highest BCUT2D eigenvalue weighted by Crippen LogP contribution is 2.28. The summed E-state index contributed by atoms with van der Waals surface area (Å²) in [7, 11) is 0. The van der Waals surface area contributed by atoms with Crippen LogP contribution in [-0.2, 0) is 0 Å². The number of nitrogens with two attached hydrogens (primary N) is 1. The number of rotatable bonds is 2. The minimum Gasteiger partial charge on any atom is -0.508 e. The number of aromatic hydroxyl groups is 1. The molecule has 0 aliphatic carbocycles. The molecule has 0 bridgehead atoms. The molecule has 1 aliphatic heterocycles. The van der Waals surface area contributed by atoms with Crippen molar-refractivity contribution in [3.63, 3.8) is 0 Å². The number of likely N-dealkylation sites (tertiary alicyclic amines) is 1. The highest BCUT2D eigenvalue weighted by molar-refractivity contribution is 5.95. The number of carbonyl (C=O) groups is 1. The summed E-state index contributed by atoms with van der Waals surface area (Å²) >= 11 is 0. The zero-order valence-corrected chi connectivity index (χ0v) is 11.1. The van der Waals surface area contributed by atoms with E-state index in [4.69, 9.17) is 5.73 Å². The zero-order chi connectivity index (χ0) is 13.5. The summed E-state index contributed by atoms with van der Waals surface area (Å²) in [5, 5.41) is 9.45. The van der Waals surface area contributed by atoms with E-state index in [1.807, 2.05) is 0 Å². The number of hydrogen-bond donors (Lipinski definition) is 2. The first-order valence-corrected chi connectivity index (χ1v) is 6.21. The molecule has 0 atom stereocenters. The Balaban J connectivity index is 2.08. The number of carbonyl (C=O) groups excluding carboxylic acids is 1. The van der Waals surface area contributed by atoms with Gasteiger partial charge in [0, 0.05) is 18.7 Å². The minimum absolute atomic E-state index is 0.0141. The molecule has 1 heterocycles. The van der Waals surface area contributed by atoms with Gasteiger partial charge in [-0.3, -0.25) is 4.79 Å². The Bertz CT molecular complexity index is 477. The van der Waals surface area contributed by atoms with Gasteiger partial charge < -0.3 is 15.7 Å². The Labute approximate surface area is 107 Å². The van der Waals surface area contributed by atoms with Crippen molar-refractivity contribution in [3.05, 3.63) is 29.3 Å². The van der Waals surface area contributed by atoms with Crippen LogP contribution in [0.1, 0.15) is 29.8 Å². The lowest BCUT2D eigenvalue weighted by molar-refractivity contribution is 0.0275. The Morgan fingerprint density at radius 2 is 2.06 bits per heavy atom. The maximum Gasteiger partial charge on any atom is 0.253 e. The third-order valence-electron chi connectivity index (χ3n) is 3.85. The first-order chi connectivity index (χ1) is 8.33. The van der Waals surface area contributed by atoms with Crippen molar-refractivity contribution in [2.75, 3.05) is 13.1 Å². The lowest BCUT2D eigenvalue weighted by atomic mass is 9.80. The molecule has 1 saturated heterocycles. The summed E-state index contributed by atoms with van der Waals surface area (Å²) in [5.74, 6) is 0.563. The second-order valence-corrected chi connectivity index (χ2v) is 5.55. The van der Waals surface area contributed by atoms with Crippen molar-refractivity contribution in [2.24, 2.45) is 11.7 Å². The number of phenolic OH excluding ortho intramolecular Hbond substituents is 1. The maximum absolute atomic E-state index is 12.2. The molecule has 1 fully saturated rings. The van der Waals surface area contributed by atoms with Crippen LogP contribution in [0.4, 0.5) is 0 Å². The van der Waals surface area contributed by atoms with Gasteiger partial charge in [0.25, 0.3) is 5.91 Å². The number of aryl methyl sites for hydroxylation is 1. The van der Waals surface area contributed by atoms with Gasteiger partial charge in [-0.2, -0.15) is 0 Å². The average molecular weight is 248 g/mol. The van der Waals surface area contributed by atoms with Gasteiger partial charge in [-0.05, 0) is 36.6 Å². The molecule has 0 radical (unpaired) electrons. The van der Waals surface area contributed by atoms with E-state index in [1.54, 1.807) is 30.0 Å². The van der Waals surface area contributed by atoms with E-state index in [9.17, 15) is 9.90 Å². The van der Waals surface area contributed by atoms with E-state index in [2.05, 4.69) is 13.8 Å². The van der Waals surface area contributed by atoms with Crippen molar-refractivity contribution in [1.29, 1.82) is 0 Å². The molecular formula is C14H20N2O2. The predicted octanol–water partition coefficient (Wildman–Crippen LogP) is 1.51. The molecule has 4 nitrogen and oxygen atoms in total. The molecule has 1 aromatic carbocycles. The molecule has 18 heavy (non-hydrogen) atoms. The van der Waals surface area contributed by atoms with E-state index in [0.717, 1.165) is 0 Å². The van der Waals surface area contributed by atoms with Gasteiger partial charge in [-0.25, -0.2) is 0 Å². The fraction of sp³-hybridized carbons (Fsp3) is 0.500. The van der Waals surface area contributed by atoms with Crippen molar-refractivity contribution >= 4 is 5.91 Å². The summed E-state index contributed by atoms with van der Waals surface area (Å²) in [5.41, 5.74) is 7.24. The van der Waals surface area contributed by atoms with Crippen molar-refractivity contribution in [1.82, 2.24) is 4.90 Å². The number of hydrogen-bond acceptors (Lipinski definition) is 3. The molecule has 0 unspecified atom stereocenters. The molecule has 1 aliphatic rings. The molecule has 1 aromatic rings. The van der Waals surface area contributed by atoms with Gasteiger partial charge in [0.1, 0.15) is 5.75 Å². The molecule has 0 aromatic heterocycles. The first-order valence-electron chi connectivity index (χ1n) is 6.21. The summed E-state index contributed by atoms with van der Waals surface area (Å²) in [4.78, 5) is 13.9. The largest absolute Gasteiger partial charge is 0.508 e. The van der Waals surface area contributed by atoms with E-state index in [-0.39, 0.29) is 17.2 Å². The summed E-state index contributed by atoms with van der Waals surface area (Å²) in [6.45, 7) is 7.13. The smallest absolute Gasteiger partial charge is 0.253 e. The van der Waals surface area contributed by atoms with Gasteiger partial charge >= 0.3 is 0 Å². The molecule has 4 heteroatoms. The third kappa shape index (κ3) is 2.08. The maximum atomic E-state index is 12.2. The van der Waals surface area contributed by atoms with Crippen LogP contribution in [0.15, 0.2) is 18.2 Å². The second-order valence-electron chi connectivity index (χ2n) is 5.55. The van der Waals surface area contributed by atoms with Crippen LogP contribution in [-0.4, -0.2) is 34.5 Å². The van der Waals surface area contributed by atoms with Crippen LogP contribution in [0, 0.1) is 12.8 Å². The molecule has 3 N–H and O–H groups in total. The normalized spacial score (nSPS) is 17.7. The van der Waals surface area contributed by atoms with Crippen LogP contribution < -0.4 is 5.73 Å². The monoisotopic (exact) mass is 248 g/mol. The summed E-state index contributed by atoms with van der Waals surface area (Å²) in [6, 6.07) is 4.92. The lowest BCUT2D eigenvalue weighted by Gasteiger charge is -2.50. The minimum atomic E-state index is -0.248. The topological polar surface area (TPSA) is 66.6 Å². The van der Waals surface area contributed by atoms with Gasteiger partial charge in [-0.15, -0.1) is 0 Å². The fourth-order valence-corrected chi connectivity index (χ4v) is 2.14. The lowest BCUT2D eigenvalue weighted by Crippen LogP contribution is -2.71. The number of nitrogens with zero attached hydrogens (tertiary/aromatic N) is 1. The third-order valence-corrected chi connectivity index (χ3v) is 3.85. The van der Waals surface area contributed by atoms with E-state index < -0.39 is 0 Å². The van der Waals surface area contributed by atoms with E-state index >= 15 is 0 Å². The SMILES string of the molecule is Cc1cc(C(=O)N2CC(N)(C(C)C)C2)ccc1O. The highest BCUT2D eigenvalue weighted by Gasteiger charge is 2.44. The standard InChI is InChI=1S/C14H20N2O2/c1-9(2)14(15)7-16(8-14)13(18)11-4-5-12(17)10(3)6-11/h4-6,9,17H,7-8,15H2,1-3H3. The molecule has 2 rings (SSSR count). The zero-order valence-electron chi connectivity index (χ0n) is 11.1. The van der Waals surface area contributed by atoms with Crippen LogP contribution in [0.3, 0.4) is 0 Å². The van der Waals surface area contributed by atoms with Gasteiger partial charge in [-0.1, -0.05) is 13.8 Å². The Kier molecular flexibility index (Phi) is 3.07. The number of phenols is 1. The molecule has 0 spiro atoms. The van der Waals surface area contributed by atoms with Crippen LogP contribution in [0.5, 0.6) is 5.75 Å². The number of amides is 1. The Morgan fingerprint density at radius 1 is 1.44 bits per heavy atom. The summed E-state index contributed by atoms with van der Waals surface area (Å²) < 4.78 is 0. The van der Waals surface area contributed by atoms with Crippen LogP contribution in [0.25, 0.3) is 0 Å². The predicted molar refractivity (Wildman–Crippen MR) is 70.5 cm³/mol. The highest BCUT2D eigenvalue weighted by atomic mass is 16.3. The van der Waals surface area contributed by atoms with Crippen molar-refractivity contribution in [2.45, 2.75) is 26.3 Å². The summed E-state index contributed by atoms with van der Waals surface area (Å²) in [6.07, 6.45) is 0. The van der Waals surface area contributed by atoms with Gasteiger partial charge in [0.15, 0.2) is 0 Å². The second kappa shape index (κ2) is 4.28. The van der Waals surface area contributed by atoms with Crippen LogP contribution >= 0.6 is 0 Å². The molecular weight excluding hydrogens is 228 g/mol. The Hall–Kier alpha value is -1.55.